The summed E-state index contributed by atoms with van der Waals surface area (Å²) in [6.45, 7) is 2.50. The molecule has 0 aromatic carbocycles. The van der Waals surface area contributed by atoms with Gasteiger partial charge in [-0.2, -0.15) is 4.31 Å². The molecule has 2 aromatic rings. The Morgan fingerprint density at radius 3 is 2.57 bits per heavy atom. The Hall–Kier alpha value is -2.17. The second-order valence-corrected chi connectivity index (χ2v) is 9.95. The quantitative estimate of drug-likeness (QED) is 0.759. The molecule has 0 bridgehead atoms. The Morgan fingerprint density at radius 2 is 2.00 bits per heavy atom. The van der Waals surface area contributed by atoms with Gasteiger partial charge in [0, 0.05) is 26.2 Å². The molecule has 28 heavy (non-hydrogen) atoms. The highest BCUT2D eigenvalue weighted by Crippen LogP contribution is 2.20. The van der Waals surface area contributed by atoms with Crippen LogP contribution in [-0.4, -0.2) is 62.2 Å². The second-order valence-electron chi connectivity index (χ2n) is 6.73. The van der Waals surface area contributed by atoms with Crippen LogP contribution in [0.1, 0.15) is 29.2 Å². The summed E-state index contributed by atoms with van der Waals surface area (Å²) in [4.78, 5) is 26.3. The van der Waals surface area contributed by atoms with Crippen LogP contribution in [0.2, 0.25) is 0 Å². The fraction of sp³-hybridized carbons (Fsp3) is 0.444. The van der Waals surface area contributed by atoms with E-state index in [0.717, 1.165) is 15.6 Å². The van der Waals surface area contributed by atoms with Crippen LogP contribution in [0.5, 0.6) is 0 Å². The van der Waals surface area contributed by atoms with Gasteiger partial charge in [0.25, 0.3) is 15.9 Å². The molecule has 10 heteroatoms. The van der Waals surface area contributed by atoms with Crippen LogP contribution >= 0.6 is 11.3 Å². The number of carbonyl (C=O) groups is 2. The van der Waals surface area contributed by atoms with Crippen molar-refractivity contribution in [1.29, 1.82) is 0 Å². The molecule has 0 spiro atoms. The van der Waals surface area contributed by atoms with Crippen molar-refractivity contribution >= 4 is 33.2 Å². The molecular weight excluding hydrogens is 402 g/mol. The number of likely N-dealkylation sites (N-methyl/N-ethyl adjacent to an activating group) is 1. The zero-order valence-corrected chi connectivity index (χ0v) is 17.4. The smallest absolute Gasteiger partial charge is 0.287 e. The number of hydrogen-bond acceptors (Lipinski definition) is 6. The largest absolute Gasteiger partial charge is 0.456 e. The standard InChI is InChI=1S/C18H23N3O5S2/c1-13-5-6-15(26-13)18(23)19-14-7-9-21(10-8-14)16(22)12-20(2)28(24,25)17-4-3-11-27-17/h3-6,11,14H,7-10,12H2,1-2H3,(H,19,23). The van der Waals surface area contributed by atoms with Crippen LogP contribution in [-0.2, 0) is 14.8 Å². The van der Waals surface area contributed by atoms with Gasteiger partial charge in [-0.15, -0.1) is 11.3 Å². The van der Waals surface area contributed by atoms with Crippen molar-refractivity contribution in [2.75, 3.05) is 26.7 Å². The Labute approximate surface area is 168 Å². The van der Waals surface area contributed by atoms with Gasteiger partial charge in [0.2, 0.25) is 5.91 Å². The summed E-state index contributed by atoms with van der Waals surface area (Å²) in [5, 5.41) is 4.60. The van der Waals surface area contributed by atoms with Gasteiger partial charge in [-0.05, 0) is 43.3 Å². The summed E-state index contributed by atoms with van der Waals surface area (Å²) in [6, 6.07) is 6.50. The first-order chi connectivity index (χ1) is 13.3. The van der Waals surface area contributed by atoms with Gasteiger partial charge < -0.3 is 14.6 Å². The van der Waals surface area contributed by atoms with Crippen molar-refractivity contribution < 1.29 is 22.4 Å². The number of amides is 2. The van der Waals surface area contributed by atoms with Crippen LogP contribution in [0, 0.1) is 6.92 Å². The number of hydrogen-bond donors (Lipinski definition) is 1. The normalized spacial score (nSPS) is 15.8. The maximum Gasteiger partial charge on any atom is 0.287 e. The van der Waals surface area contributed by atoms with Gasteiger partial charge in [-0.1, -0.05) is 6.07 Å². The summed E-state index contributed by atoms with van der Waals surface area (Å²) >= 11 is 1.12. The number of carbonyl (C=O) groups excluding carboxylic acids is 2. The summed E-state index contributed by atoms with van der Waals surface area (Å²) in [5.41, 5.74) is 0. The maximum atomic E-state index is 12.5. The SMILES string of the molecule is Cc1ccc(C(=O)NC2CCN(C(=O)CN(C)S(=O)(=O)c3cccs3)CC2)o1. The van der Waals surface area contributed by atoms with Crippen molar-refractivity contribution in [3.8, 4) is 0 Å². The minimum atomic E-state index is -3.65. The van der Waals surface area contributed by atoms with Crippen LogP contribution in [0.3, 0.4) is 0 Å². The molecule has 0 radical (unpaired) electrons. The lowest BCUT2D eigenvalue weighted by atomic mass is 10.0. The first kappa shape index (κ1) is 20.6. The van der Waals surface area contributed by atoms with E-state index in [2.05, 4.69) is 5.32 Å². The molecule has 1 aliphatic heterocycles. The Kier molecular flexibility index (Phi) is 6.21. The number of rotatable bonds is 6. The lowest BCUT2D eigenvalue weighted by Gasteiger charge is -2.33. The molecular formula is C18H23N3O5S2. The van der Waals surface area contributed by atoms with E-state index in [4.69, 9.17) is 4.42 Å². The molecule has 3 rings (SSSR count). The molecule has 0 saturated carbocycles. The summed E-state index contributed by atoms with van der Waals surface area (Å²) in [5.74, 6) is 0.442. The fourth-order valence-corrected chi connectivity index (χ4v) is 5.35. The van der Waals surface area contributed by atoms with Gasteiger partial charge in [0.05, 0.1) is 6.54 Å². The van der Waals surface area contributed by atoms with E-state index in [9.17, 15) is 18.0 Å². The number of likely N-dealkylation sites (tertiary alicyclic amines) is 1. The molecule has 0 aliphatic carbocycles. The molecule has 0 unspecified atom stereocenters. The molecule has 1 fully saturated rings. The zero-order valence-electron chi connectivity index (χ0n) is 15.8. The van der Waals surface area contributed by atoms with E-state index in [-0.39, 0.29) is 34.4 Å². The fourth-order valence-electron chi connectivity index (χ4n) is 3.03. The first-order valence-electron chi connectivity index (χ1n) is 8.92. The van der Waals surface area contributed by atoms with E-state index >= 15 is 0 Å². The average Bonchev–Trinajstić information content (AvgIpc) is 3.34. The number of furan rings is 1. The Bertz CT molecular complexity index is 928. The Morgan fingerprint density at radius 1 is 1.29 bits per heavy atom. The summed E-state index contributed by atoms with van der Waals surface area (Å²) in [7, 11) is -2.24. The highest BCUT2D eigenvalue weighted by molar-refractivity contribution is 7.91. The molecule has 1 saturated heterocycles. The van der Waals surface area contributed by atoms with Crippen LogP contribution in [0.4, 0.5) is 0 Å². The predicted molar refractivity (Wildman–Crippen MR) is 105 cm³/mol. The number of sulfonamides is 1. The lowest BCUT2D eigenvalue weighted by Crippen LogP contribution is -2.49. The molecule has 3 heterocycles. The number of nitrogens with zero attached hydrogens (tertiary/aromatic N) is 2. The Balaban J connectivity index is 1.49. The number of nitrogens with one attached hydrogen (secondary N) is 1. The van der Waals surface area contributed by atoms with Gasteiger partial charge >= 0.3 is 0 Å². The van der Waals surface area contributed by atoms with Crippen molar-refractivity contribution in [2.45, 2.75) is 30.0 Å². The van der Waals surface area contributed by atoms with Crippen molar-refractivity contribution in [3.05, 3.63) is 41.2 Å². The van der Waals surface area contributed by atoms with Gasteiger partial charge in [0.1, 0.15) is 9.97 Å². The van der Waals surface area contributed by atoms with Gasteiger partial charge in [0.15, 0.2) is 5.76 Å². The molecule has 0 atom stereocenters. The lowest BCUT2D eigenvalue weighted by molar-refractivity contribution is -0.132. The summed E-state index contributed by atoms with van der Waals surface area (Å²) in [6.07, 6.45) is 1.22. The topological polar surface area (TPSA) is 99.9 Å². The molecule has 1 aliphatic rings. The van der Waals surface area contributed by atoms with E-state index in [0.29, 0.717) is 31.7 Å². The van der Waals surface area contributed by atoms with Gasteiger partial charge in [-0.3, -0.25) is 9.59 Å². The molecule has 152 valence electrons. The molecule has 2 amide bonds. The minimum absolute atomic E-state index is 0.0467. The van der Waals surface area contributed by atoms with Crippen LogP contribution < -0.4 is 5.32 Å². The monoisotopic (exact) mass is 425 g/mol. The van der Waals surface area contributed by atoms with Crippen LogP contribution in [0.15, 0.2) is 38.3 Å². The maximum absolute atomic E-state index is 12.5. The third-order valence-corrected chi connectivity index (χ3v) is 7.84. The van der Waals surface area contributed by atoms with Gasteiger partial charge in [-0.25, -0.2) is 8.42 Å². The zero-order chi connectivity index (χ0) is 20.3. The van der Waals surface area contributed by atoms with Crippen LogP contribution in [0.25, 0.3) is 0 Å². The third kappa shape index (κ3) is 4.62. The number of piperidine rings is 1. The number of thiophene rings is 1. The van der Waals surface area contributed by atoms with Crippen molar-refractivity contribution in [1.82, 2.24) is 14.5 Å². The molecule has 8 nitrogen and oxygen atoms in total. The predicted octanol–water partition coefficient (Wildman–Crippen LogP) is 1.69. The van der Waals surface area contributed by atoms with Crippen molar-refractivity contribution in [3.63, 3.8) is 0 Å². The highest BCUT2D eigenvalue weighted by atomic mass is 32.2. The first-order valence-corrected chi connectivity index (χ1v) is 11.2. The van der Waals surface area contributed by atoms with Crippen molar-refractivity contribution in [2.24, 2.45) is 0 Å². The molecule has 1 N–H and O–H groups in total. The number of aryl methyl sites for hydroxylation is 1. The third-order valence-electron chi connectivity index (χ3n) is 4.66. The average molecular weight is 426 g/mol. The van der Waals surface area contributed by atoms with E-state index in [1.807, 2.05) is 0 Å². The second kappa shape index (κ2) is 8.46. The molecule has 2 aromatic heterocycles. The van der Waals surface area contributed by atoms with E-state index in [1.54, 1.807) is 35.4 Å². The van der Waals surface area contributed by atoms with E-state index in [1.165, 1.54) is 13.1 Å². The highest BCUT2D eigenvalue weighted by Gasteiger charge is 2.29. The summed E-state index contributed by atoms with van der Waals surface area (Å²) < 4.78 is 31.5. The minimum Gasteiger partial charge on any atom is -0.456 e. The van der Waals surface area contributed by atoms with E-state index < -0.39 is 10.0 Å².